The number of nitro groups is 2. The lowest BCUT2D eigenvalue weighted by Gasteiger charge is -2.10. The van der Waals surface area contributed by atoms with Crippen molar-refractivity contribution in [2.45, 2.75) is 14.7 Å². The van der Waals surface area contributed by atoms with Crippen LogP contribution in [0.2, 0.25) is 0 Å². The summed E-state index contributed by atoms with van der Waals surface area (Å²) in [4.78, 5) is 16.8. The molecular weight excluding hydrogens is 408 g/mol. The standard InChI is InChI=1S/C13H10N2O10S2/c1-25-9-3-5-12(13(7-9)27(22,23)24)26(20,21)11-4-2-8(14(16)17)6-10(11)15(18)19/h2-7H,1H3,(H,22,23,24). The lowest BCUT2D eigenvalue weighted by atomic mass is 10.3. The first kappa shape index (κ1) is 20.2. The van der Waals surface area contributed by atoms with Gasteiger partial charge in [0, 0.05) is 12.1 Å². The maximum atomic E-state index is 12.8. The van der Waals surface area contributed by atoms with Crippen molar-refractivity contribution in [3.8, 4) is 5.75 Å². The van der Waals surface area contributed by atoms with Gasteiger partial charge in [0.15, 0.2) is 0 Å². The Labute approximate surface area is 152 Å². The van der Waals surface area contributed by atoms with Crippen LogP contribution in [-0.4, -0.2) is 38.3 Å². The minimum atomic E-state index is -5.05. The van der Waals surface area contributed by atoms with E-state index in [0.29, 0.717) is 12.1 Å². The average molecular weight is 418 g/mol. The van der Waals surface area contributed by atoms with E-state index in [2.05, 4.69) is 0 Å². The minimum absolute atomic E-state index is 0.0974. The molecule has 0 saturated heterocycles. The SMILES string of the molecule is COc1ccc(S(=O)(=O)c2ccc([N+](=O)[O-])cc2[N+](=O)[O-])c(S(=O)(=O)O)c1. The molecule has 0 spiro atoms. The maximum Gasteiger partial charge on any atom is 0.295 e. The Balaban J connectivity index is 2.85. The molecule has 0 bridgehead atoms. The highest BCUT2D eigenvalue weighted by molar-refractivity contribution is 7.93. The molecule has 0 atom stereocenters. The maximum absolute atomic E-state index is 12.8. The van der Waals surface area contributed by atoms with Gasteiger partial charge in [-0.15, -0.1) is 0 Å². The van der Waals surface area contributed by atoms with Gasteiger partial charge in [0.1, 0.15) is 15.5 Å². The number of methoxy groups -OCH3 is 1. The van der Waals surface area contributed by atoms with Crippen LogP contribution in [0.15, 0.2) is 51.1 Å². The lowest BCUT2D eigenvalue weighted by molar-refractivity contribution is -0.396. The summed E-state index contributed by atoms with van der Waals surface area (Å²) < 4.78 is 62.9. The molecule has 0 aliphatic carbocycles. The number of benzene rings is 2. The van der Waals surface area contributed by atoms with Crippen LogP contribution in [0.3, 0.4) is 0 Å². The van der Waals surface area contributed by atoms with Crippen LogP contribution in [0.5, 0.6) is 5.75 Å². The van der Waals surface area contributed by atoms with Crippen molar-refractivity contribution >= 4 is 31.3 Å². The third-order valence-corrected chi connectivity index (χ3v) is 6.24. The minimum Gasteiger partial charge on any atom is -0.497 e. The molecule has 0 heterocycles. The first-order chi connectivity index (χ1) is 12.4. The normalized spacial score (nSPS) is 11.8. The predicted octanol–water partition coefficient (Wildman–Crippen LogP) is 1.59. The van der Waals surface area contributed by atoms with E-state index < -0.39 is 55.9 Å². The van der Waals surface area contributed by atoms with Gasteiger partial charge in [-0.2, -0.15) is 8.42 Å². The Morgan fingerprint density at radius 2 is 1.48 bits per heavy atom. The van der Waals surface area contributed by atoms with Gasteiger partial charge in [-0.25, -0.2) is 8.42 Å². The number of nitrogens with zero attached hydrogens (tertiary/aromatic N) is 2. The quantitative estimate of drug-likeness (QED) is 0.410. The molecule has 2 aromatic rings. The first-order valence-corrected chi connectivity index (χ1v) is 9.65. The molecule has 0 aromatic heterocycles. The fourth-order valence-electron chi connectivity index (χ4n) is 2.15. The Hall–Kier alpha value is -3.10. The molecule has 27 heavy (non-hydrogen) atoms. The van der Waals surface area contributed by atoms with Crippen LogP contribution >= 0.6 is 0 Å². The van der Waals surface area contributed by atoms with Crippen molar-refractivity contribution < 1.29 is 36.0 Å². The van der Waals surface area contributed by atoms with Gasteiger partial charge in [0.05, 0.1) is 27.9 Å². The summed E-state index contributed by atoms with van der Waals surface area (Å²) >= 11 is 0. The second-order valence-electron chi connectivity index (χ2n) is 4.96. The Morgan fingerprint density at radius 3 is 1.96 bits per heavy atom. The van der Waals surface area contributed by atoms with E-state index in [4.69, 9.17) is 4.74 Å². The molecule has 0 amide bonds. The van der Waals surface area contributed by atoms with E-state index in [9.17, 15) is 41.6 Å². The number of ether oxygens (including phenoxy) is 1. The Morgan fingerprint density at radius 1 is 0.889 bits per heavy atom. The van der Waals surface area contributed by atoms with Gasteiger partial charge in [0.2, 0.25) is 9.84 Å². The van der Waals surface area contributed by atoms with E-state index in [1.807, 2.05) is 0 Å². The highest BCUT2D eigenvalue weighted by Gasteiger charge is 2.34. The number of non-ortho nitro benzene ring substituents is 1. The molecule has 14 heteroatoms. The largest absolute Gasteiger partial charge is 0.497 e. The molecule has 0 aliphatic rings. The highest BCUT2D eigenvalue weighted by Crippen LogP contribution is 2.36. The molecular formula is C13H10N2O10S2. The average Bonchev–Trinajstić information content (AvgIpc) is 2.59. The molecule has 0 saturated carbocycles. The third-order valence-electron chi connectivity index (χ3n) is 3.36. The van der Waals surface area contributed by atoms with Crippen LogP contribution in [0.1, 0.15) is 0 Å². The fraction of sp³-hybridized carbons (Fsp3) is 0.0769. The number of sulfone groups is 1. The molecule has 0 radical (unpaired) electrons. The Bertz CT molecular complexity index is 1160. The summed E-state index contributed by atoms with van der Waals surface area (Å²) in [5.41, 5.74) is -1.85. The van der Waals surface area contributed by atoms with Crippen molar-refractivity contribution in [2.24, 2.45) is 0 Å². The van der Waals surface area contributed by atoms with Gasteiger partial charge in [-0.1, -0.05) is 0 Å². The second-order valence-corrected chi connectivity index (χ2v) is 8.23. The van der Waals surface area contributed by atoms with Crippen LogP contribution < -0.4 is 4.74 Å². The van der Waals surface area contributed by atoms with Gasteiger partial charge in [-0.05, 0) is 18.2 Å². The Kier molecular flexibility index (Phi) is 5.17. The van der Waals surface area contributed by atoms with Gasteiger partial charge in [0.25, 0.3) is 21.5 Å². The van der Waals surface area contributed by atoms with E-state index in [0.717, 1.165) is 24.3 Å². The summed E-state index contributed by atoms with van der Waals surface area (Å²) in [7, 11) is -8.74. The van der Waals surface area contributed by atoms with Crippen LogP contribution in [0.25, 0.3) is 0 Å². The van der Waals surface area contributed by atoms with Crippen molar-refractivity contribution in [2.75, 3.05) is 7.11 Å². The number of hydrogen-bond acceptors (Lipinski definition) is 9. The molecule has 2 rings (SSSR count). The van der Waals surface area contributed by atoms with Crippen molar-refractivity contribution in [1.29, 1.82) is 0 Å². The zero-order valence-corrected chi connectivity index (χ0v) is 14.9. The molecule has 0 unspecified atom stereocenters. The van der Waals surface area contributed by atoms with Gasteiger partial charge in [-0.3, -0.25) is 24.8 Å². The third kappa shape index (κ3) is 3.86. The van der Waals surface area contributed by atoms with E-state index in [1.165, 1.54) is 7.11 Å². The van der Waals surface area contributed by atoms with Gasteiger partial charge < -0.3 is 4.74 Å². The lowest BCUT2D eigenvalue weighted by Crippen LogP contribution is -2.12. The van der Waals surface area contributed by atoms with Crippen molar-refractivity contribution in [1.82, 2.24) is 0 Å². The predicted molar refractivity (Wildman–Crippen MR) is 88.0 cm³/mol. The van der Waals surface area contributed by atoms with E-state index in [1.54, 1.807) is 0 Å². The fourth-order valence-corrected chi connectivity index (χ4v) is 4.84. The van der Waals surface area contributed by atoms with Crippen LogP contribution in [0.4, 0.5) is 11.4 Å². The summed E-state index contributed by atoms with van der Waals surface area (Å²) in [6.45, 7) is 0. The number of nitro benzene ring substituents is 2. The number of hydrogen-bond donors (Lipinski definition) is 1. The molecule has 0 fully saturated rings. The van der Waals surface area contributed by atoms with E-state index >= 15 is 0 Å². The summed E-state index contributed by atoms with van der Waals surface area (Å²) in [5, 5.41) is 22.0. The highest BCUT2D eigenvalue weighted by atomic mass is 32.2. The van der Waals surface area contributed by atoms with Crippen molar-refractivity contribution in [3.05, 3.63) is 56.6 Å². The van der Waals surface area contributed by atoms with Crippen LogP contribution in [-0.2, 0) is 20.0 Å². The summed E-state index contributed by atoms with van der Waals surface area (Å²) in [5.74, 6) is -0.0974. The zero-order valence-electron chi connectivity index (χ0n) is 13.3. The zero-order chi connectivity index (χ0) is 20.6. The summed E-state index contributed by atoms with van der Waals surface area (Å²) in [6, 6.07) is 4.34. The number of rotatable bonds is 6. The van der Waals surface area contributed by atoms with Gasteiger partial charge >= 0.3 is 0 Å². The van der Waals surface area contributed by atoms with E-state index in [-0.39, 0.29) is 5.75 Å². The topological polar surface area (TPSA) is 184 Å². The molecule has 12 nitrogen and oxygen atoms in total. The van der Waals surface area contributed by atoms with Crippen molar-refractivity contribution in [3.63, 3.8) is 0 Å². The molecule has 0 aliphatic heterocycles. The monoisotopic (exact) mass is 418 g/mol. The second kappa shape index (κ2) is 6.90. The summed E-state index contributed by atoms with van der Waals surface area (Å²) in [6.07, 6.45) is 0. The molecule has 2 aromatic carbocycles. The smallest absolute Gasteiger partial charge is 0.295 e. The first-order valence-electron chi connectivity index (χ1n) is 6.73. The van der Waals surface area contributed by atoms with Crippen LogP contribution in [0, 0.1) is 20.2 Å². The molecule has 1 N–H and O–H groups in total. The molecule has 144 valence electrons.